The first kappa shape index (κ1) is 15.4. The lowest BCUT2D eigenvalue weighted by Crippen LogP contribution is -2.26. The maximum Gasteiger partial charge on any atom is 0.256 e. The normalized spacial score (nSPS) is 14.4. The second-order valence-corrected chi connectivity index (χ2v) is 6.96. The van der Waals surface area contributed by atoms with Gasteiger partial charge in [-0.15, -0.1) is 0 Å². The SMILES string of the molecule is O=C(Nc1ncccc1O)c1cccc(S(=O)(=O)NC2CC2)c1. The molecule has 0 bridgehead atoms. The van der Waals surface area contributed by atoms with Gasteiger partial charge >= 0.3 is 0 Å². The molecule has 0 spiro atoms. The summed E-state index contributed by atoms with van der Waals surface area (Å²) in [5, 5.41) is 12.1. The molecule has 23 heavy (non-hydrogen) atoms. The predicted molar refractivity (Wildman–Crippen MR) is 83.6 cm³/mol. The van der Waals surface area contributed by atoms with Crippen LogP contribution in [0.4, 0.5) is 5.82 Å². The fraction of sp³-hybridized carbons (Fsp3) is 0.200. The lowest BCUT2D eigenvalue weighted by atomic mass is 10.2. The van der Waals surface area contributed by atoms with Crippen molar-refractivity contribution in [2.75, 3.05) is 5.32 Å². The molecule has 0 aliphatic heterocycles. The maximum absolute atomic E-state index is 12.2. The summed E-state index contributed by atoms with van der Waals surface area (Å²) in [4.78, 5) is 16.1. The lowest BCUT2D eigenvalue weighted by molar-refractivity contribution is 0.102. The van der Waals surface area contributed by atoms with E-state index in [1.165, 1.54) is 42.6 Å². The molecule has 0 saturated heterocycles. The number of aromatic nitrogens is 1. The lowest BCUT2D eigenvalue weighted by Gasteiger charge is -2.08. The maximum atomic E-state index is 12.2. The smallest absolute Gasteiger partial charge is 0.256 e. The zero-order chi connectivity index (χ0) is 16.4. The molecule has 120 valence electrons. The molecule has 1 aliphatic rings. The highest BCUT2D eigenvalue weighted by Crippen LogP contribution is 2.23. The first-order valence-electron chi connectivity index (χ1n) is 7.03. The molecule has 0 unspecified atom stereocenters. The van der Waals surface area contributed by atoms with E-state index in [4.69, 9.17) is 0 Å². The fourth-order valence-electron chi connectivity index (χ4n) is 1.97. The van der Waals surface area contributed by atoms with Crippen LogP contribution < -0.4 is 10.0 Å². The molecular formula is C15H15N3O4S. The van der Waals surface area contributed by atoms with Gasteiger partial charge in [-0.25, -0.2) is 18.1 Å². The molecule has 0 atom stereocenters. The van der Waals surface area contributed by atoms with Gasteiger partial charge in [0.2, 0.25) is 10.0 Å². The highest BCUT2D eigenvalue weighted by atomic mass is 32.2. The van der Waals surface area contributed by atoms with Crippen LogP contribution in [0.2, 0.25) is 0 Å². The molecule has 1 aliphatic carbocycles. The van der Waals surface area contributed by atoms with Gasteiger partial charge in [-0.2, -0.15) is 0 Å². The number of sulfonamides is 1. The number of nitrogens with one attached hydrogen (secondary N) is 2. The standard InChI is InChI=1S/C15H15N3O4S/c19-13-5-2-8-16-14(13)17-15(20)10-3-1-4-12(9-10)23(21,22)18-11-6-7-11/h1-5,8-9,11,18-19H,6-7H2,(H,16,17,20). The van der Waals surface area contributed by atoms with E-state index >= 15 is 0 Å². The zero-order valence-electron chi connectivity index (χ0n) is 12.1. The third-order valence-electron chi connectivity index (χ3n) is 3.32. The Morgan fingerprint density at radius 1 is 1.22 bits per heavy atom. The van der Waals surface area contributed by atoms with Gasteiger partial charge in [-0.1, -0.05) is 6.07 Å². The van der Waals surface area contributed by atoms with Crippen LogP contribution in [-0.2, 0) is 10.0 Å². The number of nitrogens with zero attached hydrogens (tertiary/aromatic N) is 1. The van der Waals surface area contributed by atoms with Crippen LogP contribution in [0.3, 0.4) is 0 Å². The van der Waals surface area contributed by atoms with Crippen molar-refractivity contribution in [3.05, 3.63) is 48.2 Å². The number of pyridine rings is 1. The number of hydrogen-bond acceptors (Lipinski definition) is 5. The number of aromatic hydroxyl groups is 1. The van der Waals surface area contributed by atoms with Crippen molar-refractivity contribution in [3.8, 4) is 5.75 Å². The van der Waals surface area contributed by atoms with E-state index < -0.39 is 15.9 Å². The molecule has 8 heteroatoms. The Morgan fingerprint density at radius 2 is 2.00 bits per heavy atom. The Morgan fingerprint density at radius 3 is 2.70 bits per heavy atom. The number of rotatable bonds is 5. The number of anilines is 1. The zero-order valence-corrected chi connectivity index (χ0v) is 12.9. The molecule has 0 radical (unpaired) electrons. The monoisotopic (exact) mass is 333 g/mol. The number of carbonyl (C=O) groups excluding carboxylic acids is 1. The molecule has 2 aromatic rings. The summed E-state index contributed by atoms with van der Waals surface area (Å²) in [7, 11) is -3.63. The van der Waals surface area contributed by atoms with Gasteiger partial charge in [-0.3, -0.25) is 4.79 Å². The van der Waals surface area contributed by atoms with Gasteiger partial charge < -0.3 is 10.4 Å². The van der Waals surface area contributed by atoms with Crippen LogP contribution in [0.1, 0.15) is 23.2 Å². The van der Waals surface area contributed by atoms with Crippen LogP contribution >= 0.6 is 0 Å². The van der Waals surface area contributed by atoms with E-state index in [0.29, 0.717) is 0 Å². The third kappa shape index (κ3) is 3.66. The molecule has 3 rings (SSSR count). The van der Waals surface area contributed by atoms with Gasteiger partial charge in [0.05, 0.1) is 4.90 Å². The molecule has 1 amide bonds. The van der Waals surface area contributed by atoms with Crippen molar-refractivity contribution < 1.29 is 18.3 Å². The van der Waals surface area contributed by atoms with Crippen molar-refractivity contribution in [3.63, 3.8) is 0 Å². The highest BCUT2D eigenvalue weighted by Gasteiger charge is 2.28. The van der Waals surface area contributed by atoms with Crippen molar-refractivity contribution in [2.45, 2.75) is 23.8 Å². The van der Waals surface area contributed by atoms with Gasteiger partial charge in [0, 0.05) is 17.8 Å². The first-order valence-corrected chi connectivity index (χ1v) is 8.52. The Hall–Kier alpha value is -2.45. The second kappa shape index (κ2) is 5.98. The summed E-state index contributed by atoms with van der Waals surface area (Å²) in [6, 6.07) is 8.62. The summed E-state index contributed by atoms with van der Waals surface area (Å²) < 4.78 is 26.9. The van der Waals surface area contributed by atoms with E-state index in [2.05, 4.69) is 15.0 Å². The molecule has 1 fully saturated rings. The third-order valence-corrected chi connectivity index (χ3v) is 4.84. The van der Waals surface area contributed by atoms with Gasteiger partial charge in [0.1, 0.15) is 0 Å². The average Bonchev–Trinajstić information content (AvgIpc) is 3.33. The summed E-state index contributed by atoms with van der Waals surface area (Å²) in [6.07, 6.45) is 3.09. The summed E-state index contributed by atoms with van der Waals surface area (Å²) >= 11 is 0. The Kier molecular flexibility index (Phi) is 4.01. The number of amides is 1. The quantitative estimate of drug-likeness (QED) is 0.768. The van der Waals surface area contributed by atoms with Crippen LogP contribution in [0.25, 0.3) is 0 Å². The van der Waals surface area contributed by atoms with E-state index in [1.807, 2.05) is 0 Å². The summed E-state index contributed by atoms with van der Waals surface area (Å²) in [5.41, 5.74) is 0.161. The molecule has 7 nitrogen and oxygen atoms in total. The van der Waals surface area contributed by atoms with Crippen molar-refractivity contribution in [2.24, 2.45) is 0 Å². The Balaban J connectivity index is 1.81. The topological polar surface area (TPSA) is 108 Å². The van der Waals surface area contributed by atoms with Crippen molar-refractivity contribution in [1.82, 2.24) is 9.71 Å². The van der Waals surface area contributed by atoms with E-state index in [1.54, 1.807) is 0 Å². The Labute approximate surface area is 133 Å². The summed E-state index contributed by atoms with van der Waals surface area (Å²) in [6.45, 7) is 0. The van der Waals surface area contributed by atoms with Crippen molar-refractivity contribution >= 4 is 21.7 Å². The molecule has 1 heterocycles. The van der Waals surface area contributed by atoms with E-state index in [9.17, 15) is 18.3 Å². The Bertz CT molecular complexity index is 847. The number of benzene rings is 1. The molecular weight excluding hydrogens is 318 g/mol. The molecule has 1 aromatic carbocycles. The van der Waals surface area contributed by atoms with Gasteiger partial charge in [-0.05, 0) is 43.2 Å². The molecule has 1 aromatic heterocycles. The second-order valence-electron chi connectivity index (χ2n) is 5.25. The van der Waals surface area contributed by atoms with Crippen LogP contribution in [0.5, 0.6) is 5.75 Å². The number of carbonyl (C=O) groups is 1. The van der Waals surface area contributed by atoms with Crippen LogP contribution in [0.15, 0.2) is 47.5 Å². The fourth-order valence-corrected chi connectivity index (χ4v) is 3.32. The van der Waals surface area contributed by atoms with Gasteiger partial charge in [0.25, 0.3) is 5.91 Å². The molecule has 1 saturated carbocycles. The van der Waals surface area contributed by atoms with Crippen LogP contribution in [-0.4, -0.2) is 30.5 Å². The van der Waals surface area contributed by atoms with Crippen molar-refractivity contribution in [1.29, 1.82) is 0 Å². The van der Waals surface area contributed by atoms with Crippen LogP contribution in [0, 0.1) is 0 Å². The predicted octanol–water partition coefficient (Wildman–Crippen LogP) is 1.48. The minimum Gasteiger partial charge on any atom is -0.504 e. The minimum absolute atomic E-state index is 0.0112. The average molecular weight is 333 g/mol. The number of hydrogen-bond donors (Lipinski definition) is 3. The van der Waals surface area contributed by atoms with E-state index in [-0.39, 0.29) is 28.1 Å². The first-order chi connectivity index (χ1) is 11.0. The van der Waals surface area contributed by atoms with Gasteiger partial charge in [0.15, 0.2) is 11.6 Å². The van der Waals surface area contributed by atoms with E-state index in [0.717, 1.165) is 12.8 Å². The minimum atomic E-state index is -3.63. The summed E-state index contributed by atoms with van der Waals surface area (Å²) in [5.74, 6) is -0.704. The molecule has 3 N–H and O–H groups in total. The highest BCUT2D eigenvalue weighted by molar-refractivity contribution is 7.89. The largest absolute Gasteiger partial charge is 0.504 e.